The van der Waals surface area contributed by atoms with Gasteiger partial charge in [-0.2, -0.15) is 4.31 Å². The van der Waals surface area contributed by atoms with Crippen LogP contribution in [0, 0.1) is 18.3 Å². The first-order valence-corrected chi connectivity index (χ1v) is 12.7. The Labute approximate surface area is 172 Å². The van der Waals surface area contributed by atoms with Crippen molar-refractivity contribution in [3.05, 3.63) is 16.3 Å². The van der Waals surface area contributed by atoms with Gasteiger partial charge in [0.15, 0.2) is 0 Å². The van der Waals surface area contributed by atoms with Gasteiger partial charge in [-0.05, 0) is 43.1 Å². The van der Waals surface area contributed by atoms with Gasteiger partial charge in [-0.25, -0.2) is 18.4 Å². The Kier molecular flexibility index (Phi) is 4.95. The lowest BCUT2D eigenvalue weighted by atomic mass is 9.72. The average Bonchev–Trinajstić information content (AvgIpc) is 2.96. The molecule has 1 aliphatic heterocycles. The van der Waals surface area contributed by atoms with Crippen molar-refractivity contribution in [2.75, 3.05) is 37.3 Å². The minimum Gasteiger partial charge on any atom is -0.353 e. The van der Waals surface area contributed by atoms with Crippen molar-refractivity contribution in [3.8, 4) is 0 Å². The smallest absolute Gasteiger partial charge is 0.211 e. The molecule has 0 radical (unpaired) electrons. The van der Waals surface area contributed by atoms with Gasteiger partial charge in [0.25, 0.3) is 0 Å². The van der Waals surface area contributed by atoms with Crippen LogP contribution in [-0.4, -0.2) is 55.1 Å². The van der Waals surface area contributed by atoms with Gasteiger partial charge in [0.05, 0.1) is 11.6 Å². The van der Waals surface area contributed by atoms with Crippen LogP contribution in [0.2, 0.25) is 0 Å². The molecule has 1 atom stereocenters. The van der Waals surface area contributed by atoms with Gasteiger partial charge in [0, 0.05) is 31.1 Å². The molecule has 1 fully saturated rings. The molecule has 154 valence electrons. The van der Waals surface area contributed by atoms with Crippen molar-refractivity contribution < 1.29 is 8.42 Å². The number of sulfonamides is 1. The van der Waals surface area contributed by atoms with Crippen LogP contribution in [0.15, 0.2) is 0 Å². The summed E-state index contributed by atoms with van der Waals surface area (Å²) in [6.45, 7) is 11.4. The molecule has 2 aliphatic rings. The summed E-state index contributed by atoms with van der Waals surface area (Å²) in [6, 6.07) is 0. The van der Waals surface area contributed by atoms with Crippen LogP contribution in [-0.2, 0) is 22.9 Å². The third-order valence-corrected chi connectivity index (χ3v) is 8.68. The molecular formula is C20H30N4O2S2. The molecule has 0 bridgehead atoms. The van der Waals surface area contributed by atoms with Gasteiger partial charge in [0.1, 0.15) is 16.5 Å². The van der Waals surface area contributed by atoms with Crippen LogP contribution in [0.5, 0.6) is 0 Å². The lowest BCUT2D eigenvalue weighted by Gasteiger charge is -2.35. The fourth-order valence-electron chi connectivity index (χ4n) is 4.46. The number of fused-ring (bicyclic) bond motifs is 3. The van der Waals surface area contributed by atoms with Crippen molar-refractivity contribution in [1.29, 1.82) is 0 Å². The second-order valence-corrected chi connectivity index (χ2v) is 12.3. The Hall–Kier alpha value is -1.25. The third kappa shape index (κ3) is 3.66. The van der Waals surface area contributed by atoms with E-state index in [4.69, 9.17) is 9.97 Å². The molecule has 8 heteroatoms. The van der Waals surface area contributed by atoms with Gasteiger partial charge in [0.2, 0.25) is 10.0 Å². The molecular weight excluding hydrogens is 392 g/mol. The van der Waals surface area contributed by atoms with Gasteiger partial charge < -0.3 is 4.90 Å². The maximum absolute atomic E-state index is 11.8. The summed E-state index contributed by atoms with van der Waals surface area (Å²) in [5.41, 5.74) is 1.75. The van der Waals surface area contributed by atoms with Crippen LogP contribution in [0.1, 0.15) is 43.5 Å². The molecule has 4 rings (SSSR count). The Morgan fingerprint density at radius 3 is 2.39 bits per heavy atom. The monoisotopic (exact) mass is 422 g/mol. The molecule has 0 unspecified atom stereocenters. The Bertz CT molecular complexity index is 999. The fourth-order valence-corrected chi connectivity index (χ4v) is 6.63. The summed E-state index contributed by atoms with van der Waals surface area (Å²) in [5, 5.41) is 1.21. The first-order valence-electron chi connectivity index (χ1n) is 10.0. The van der Waals surface area contributed by atoms with E-state index in [-0.39, 0.29) is 0 Å². The number of anilines is 1. The van der Waals surface area contributed by atoms with E-state index in [0.717, 1.165) is 29.3 Å². The van der Waals surface area contributed by atoms with E-state index in [9.17, 15) is 8.42 Å². The SMILES string of the molecule is Cc1nc(N2CCN(S(C)(=O)=O)CC2)c2c3c(sc2n1)C[C@H](C(C)(C)C)CC3. The molecule has 2 aromatic heterocycles. The second-order valence-electron chi connectivity index (χ2n) is 9.23. The van der Waals surface area contributed by atoms with Crippen LogP contribution >= 0.6 is 11.3 Å². The maximum atomic E-state index is 11.8. The number of hydrogen-bond acceptors (Lipinski definition) is 6. The van der Waals surface area contributed by atoms with Crippen molar-refractivity contribution in [1.82, 2.24) is 14.3 Å². The van der Waals surface area contributed by atoms with Crippen molar-refractivity contribution in [2.45, 2.75) is 47.0 Å². The summed E-state index contributed by atoms with van der Waals surface area (Å²) in [5.74, 6) is 2.49. The van der Waals surface area contributed by atoms with E-state index < -0.39 is 10.0 Å². The zero-order valence-corrected chi connectivity index (χ0v) is 19.1. The molecule has 0 aromatic carbocycles. The Morgan fingerprint density at radius 2 is 1.79 bits per heavy atom. The molecule has 1 aliphatic carbocycles. The van der Waals surface area contributed by atoms with Crippen LogP contribution in [0.4, 0.5) is 5.82 Å². The number of thiophene rings is 1. The molecule has 3 heterocycles. The topological polar surface area (TPSA) is 66.4 Å². The second kappa shape index (κ2) is 6.92. The number of aryl methyl sites for hydroxylation is 2. The number of rotatable bonds is 2. The highest BCUT2D eigenvalue weighted by atomic mass is 32.2. The Morgan fingerprint density at radius 1 is 1.11 bits per heavy atom. The summed E-state index contributed by atoms with van der Waals surface area (Å²) in [6.07, 6.45) is 4.70. The number of nitrogens with zero attached hydrogens (tertiary/aromatic N) is 4. The number of piperazine rings is 1. The number of hydrogen-bond donors (Lipinski definition) is 0. The quantitative estimate of drug-likeness (QED) is 0.743. The average molecular weight is 423 g/mol. The van der Waals surface area contributed by atoms with Gasteiger partial charge in [-0.1, -0.05) is 20.8 Å². The zero-order chi connectivity index (χ0) is 20.3. The summed E-state index contributed by atoms with van der Waals surface area (Å²) >= 11 is 1.83. The molecule has 1 saturated heterocycles. The molecule has 0 spiro atoms. The highest BCUT2D eigenvalue weighted by Crippen LogP contribution is 2.45. The number of aromatic nitrogens is 2. The van der Waals surface area contributed by atoms with E-state index in [1.54, 1.807) is 4.31 Å². The molecule has 0 amide bonds. The molecule has 28 heavy (non-hydrogen) atoms. The summed E-state index contributed by atoms with van der Waals surface area (Å²) in [4.78, 5) is 14.4. The van der Waals surface area contributed by atoms with Gasteiger partial charge in [-0.15, -0.1) is 11.3 Å². The lowest BCUT2D eigenvalue weighted by molar-refractivity contribution is 0.218. The lowest BCUT2D eigenvalue weighted by Crippen LogP contribution is -2.48. The first kappa shape index (κ1) is 20.0. The maximum Gasteiger partial charge on any atom is 0.211 e. The van der Waals surface area contributed by atoms with Crippen molar-refractivity contribution >= 4 is 37.4 Å². The molecule has 0 saturated carbocycles. The standard InChI is InChI=1S/C20H30N4O2S2/c1-13-21-18(23-8-10-24(11-9-23)28(5,25)26)17-15-7-6-14(20(2,3)4)12-16(15)27-19(17)22-13/h14H,6-12H2,1-5H3/t14-/m1/s1. The molecule has 0 N–H and O–H groups in total. The largest absolute Gasteiger partial charge is 0.353 e. The van der Waals surface area contributed by atoms with E-state index in [1.165, 1.54) is 28.5 Å². The minimum atomic E-state index is -3.13. The van der Waals surface area contributed by atoms with Gasteiger partial charge in [-0.3, -0.25) is 0 Å². The van der Waals surface area contributed by atoms with Gasteiger partial charge >= 0.3 is 0 Å². The predicted molar refractivity (Wildman–Crippen MR) is 116 cm³/mol. The normalized spacial score (nSPS) is 21.9. The van der Waals surface area contributed by atoms with Crippen LogP contribution in [0.3, 0.4) is 0 Å². The first-order chi connectivity index (χ1) is 13.0. The zero-order valence-electron chi connectivity index (χ0n) is 17.4. The van der Waals surface area contributed by atoms with E-state index in [0.29, 0.717) is 37.5 Å². The molecule has 6 nitrogen and oxygen atoms in total. The van der Waals surface area contributed by atoms with E-state index in [2.05, 4.69) is 25.7 Å². The Balaban J connectivity index is 1.70. The van der Waals surface area contributed by atoms with Crippen molar-refractivity contribution in [3.63, 3.8) is 0 Å². The van der Waals surface area contributed by atoms with E-state index in [1.807, 2.05) is 18.3 Å². The summed E-state index contributed by atoms with van der Waals surface area (Å²) in [7, 11) is -3.13. The minimum absolute atomic E-state index is 0.320. The highest BCUT2D eigenvalue weighted by Gasteiger charge is 2.33. The summed E-state index contributed by atoms with van der Waals surface area (Å²) < 4.78 is 25.2. The highest BCUT2D eigenvalue weighted by molar-refractivity contribution is 7.88. The van der Waals surface area contributed by atoms with Crippen molar-refractivity contribution in [2.24, 2.45) is 11.3 Å². The third-order valence-electron chi connectivity index (χ3n) is 6.23. The predicted octanol–water partition coefficient (Wildman–Crippen LogP) is 3.23. The van der Waals surface area contributed by atoms with Crippen LogP contribution in [0.25, 0.3) is 10.2 Å². The van der Waals surface area contributed by atoms with Crippen LogP contribution < -0.4 is 4.90 Å². The fraction of sp³-hybridized carbons (Fsp3) is 0.700. The molecule has 2 aromatic rings. The van der Waals surface area contributed by atoms with E-state index >= 15 is 0 Å².